The van der Waals surface area contributed by atoms with Gasteiger partial charge in [-0.1, -0.05) is 23.4 Å². The van der Waals surface area contributed by atoms with E-state index in [1.54, 1.807) is 18.2 Å². The van der Waals surface area contributed by atoms with Gasteiger partial charge in [-0.25, -0.2) is 4.39 Å². The third-order valence-electron chi connectivity index (χ3n) is 4.57. The Hall–Kier alpha value is -2.25. The molecule has 0 bridgehead atoms. The lowest BCUT2D eigenvalue weighted by molar-refractivity contribution is -0.122. The Labute approximate surface area is 152 Å². The van der Waals surface area contributed by atoms with Gasteiger partial charge in [0.05, 0.1) is 12.2 Å². The molecule has 1 fully saturated rings. The molecule has 2 heterocycles. The fraction of sp³-hybridized carbons (Fsp3) is 0.474. The smallest absolute Gasteiger partial charge is 0.234 e. The molecule has 140 valence electrons. The molecule has 1 N–H and O–H groups in total. The van der Waals surface area contributed by atoms with Gasteiger partial charge in [0.25, 0.3) is 0 Å². The molecule has 1 aliphatic rings. The molecule has 0 unspecified atom stereocenters. The molecule has 2 aromatic rings. The van der Waals surface area contributed by atoms with Gasteiger partial charge in [-0.2, -0.15) is 0 Å². The second-order valence-corrected chi connectivity index (χ2v) is 6.67. The predicted octanol–water partition coefficient (Wildman–Crippen LogP) is 1.60. The van der Waals surface area contributed by atoms with Gasteiger partial charge in [-0.15, -0.1) is 0 Å². The number of carbonyl (C=O) groups is 1. The molecule has 1 aliphatic heterocycles. The first kappa shape index (κ1) is 18.5. The molecule has 0 radical (unpaired) electrons. The number of rotatable bonds is 7. The highest BCUT2D eigenvalue weighted by Crippen LogP contribution is 2.09. The second-order valence-electron chi connectivity index (χ2n) is 6.67. The van der Waals surface area contributed by atoms with Crippen LogP contribution in [0.25, 0.3) is 0 Å². The highest BCUT2D eigenvalue weighted by atomic mass is 19.1. The van der Waals surface area contributed by atoms with E-state index >= 15 is 0 Å². The normalized spacial score (nSPS) is 15.9. The Kier molecular flexibility index (Phi) is 6.35. The van der Waals surface area contributed by atoms with Crippen LogP contribution in [0.3, 0.4) is 0 Å². The number of halogens is 1. The summed E-state index contributed by atoms with van der Waals surface area (Å²) in [4.78, 5) is 16.5. The van der Waals surface area contributed by atoms with Crippen LogP contribution in [0.1, 0.15) is 17.0 Å². The van der Waals surface area contributed by atoms with E-state index in [9.17, 15) is 9.18 Å². The Morgan fingerprint density at radius 3 is 2.65 bits per heavy atom. The van der Waals surface area contributed by atoms with Crippen LogP contribution in [0.2, 0.25) is 0 Å². The van der Waals surface area contributed by atoms with Crippen LogP contribution in [0.5, 0.6) is 0 Å². The molecule has 6 nitrogen and oxygen atoms in total. The molecule has 0 atom stereocenters. The van der Waals surface area contributed by atoms with Crippen LogP contribution in [0.4, 0.5) is 4.39 Å². The molecule has 0 saturated carbocycles. The first-order valence-electron chi connectivity index (χ1n) is 8.97. The number of hydrogen-bond donors (Lipinski definition) is 1. The monoisotopic (exact) mass is 360 g/mol. The highest BCUT2D eigenvalue weighted by molar-refractivity contribution is 5.78. The number of piperazine rings is 1. The molecule has 1 aromatic carbocycles. The zero-order chi connectivity index (χ0) is 18.4. The lowest BCUT2D eigenvalue weighted by Crippen LogP contribution is -2.49. The van der Waals surface area contributed by atoms with Crippen molar-refractivity contribution in [2.45, 2.75) is 19.9 Å². The summed E-state index contributed by atoms with van der Waals surface area (Å²) in [5.74, 6) is 0.591. The Morgan fingerprint density at radius 2 is 1.96 bits per heavy atom. The molecule has 1 aromatic heterocycles. The number of nitrogens with zero attached hydrogens (tertiary/aromatic N) is 3. The van der Waals surface area contributed by atoms with Crippen molar-refractivity contribution in [3.05, 3.63) is 53.2 Å². The van der Waals surface area contributed by atoms with Crippen molar-refractivity contribution in [1.82, 2.24) is 20.3 Å². The number of carbonyl (C=O) groups excluding carboxylic acids is 1. The third-order valence-corrected chi connectivity index (χ3v) is 4.57. The van der Waals surface area contributed by atoms with Gasteiger partial charge in [0.2, 0.25) is 5.91 Å². The van der Waals surface area contributed by atoms with Crippen LogP contribution >= 0.6 is 0 Å². The lowest BCUT2D eigenvalue weighted by atomic mass is 10.1. The average molecular weight is 360 g/mol. The van der Waals surface area contributed by atoms with Crippen LogP contribution in [-0.2, 0) is 17.8 Å². The summed E-state index contributed by atoms with van der Waals surface area (Å²) in [6.07, 6.45) is 0.503. The molecular formula is C19H25FN4O2. The minimum Gasteiger partial charge on any atom is -0.361 e. The van der Waals surface area contributed by atoms with Gasteiger partial charge >= 0.3 is 0 Å². The summed E-state index contributed by atoms with van der Waals surface area (Å²) < 4.78 is 18.6. The number of nitrogens with one attached hydrogen (secondary N) is 1. The SMILES string of the molecule is Cc1cc(CN2CCN(CC(=O)NCCc3ccccc3F)CC2)no1. The van der Waals surface area contributed by atoms with Crippen molar-refractivity contribution < 1.29 is 13.7 Å². The van der Waals surface area contributed by atoms with Gasteiger partial charge in [0.1, 0.15) is 11.6 Å². The van der Waals surface area contributed by atoms with Crippen molar-refractivity contribution in [2.75, 3.05) is 39.3 Å². The minimum absolute atomic E-state index is 0.0121. The van der Waals surface area contributed by atoms with E-state index in [1.165, 1.54) is 6.07 Å². The van der Waals surface area contributed by atoms with E-state index < -0.39 is 0 Å². The van der Waals surface area contributed by atoms with Crippen molar-refractivity contribution in [1.29, 1.82) is 0 Å². The number of benzene rings is 1. The quantitative estimate of drug-likeness (QED) is 0.813. The number of amides is 1. The van der Waals surface area contributed by atoms with Crippen molar-refractivity contribution >= 4 is 5.91 Å². The van der Waals surface area contributed by atoms with Crippen molar-refractivity contribution in [3.8, 4) is 0 Å². The maximum absolute atomic E-state index is 13.5. The first-order chi connectivity index (χ1) is 12.6. The molecule has 0 aliphatic carbocycles. The van der Waals surface area contributed by atoms with Crippen LogP contribution in [-0.4, -0.2) is 60.1 Å². The lowest BCUT2D eigenvalue weighted by Gasteiger charge is -2.33. The number of aryl methyl sites for hydroxylation is 1. The number of aromatic nitrogens is 1. The van der Waals surface area contributed by atoms with E-state index in [1.807, 2.05) is 13.0 Å². The summed E-state index contributed by atoms with van der Waals surface area (Å²) >= 11 is 0. The van der Waals surface area contributed by atoms with Gasteiger partial charge in [-0.05, 0) is 25.0 Å². The fourth-order valence-corrected chi connectivity index (χ4v) is 3.12. The maximum Gasteiger partial charge on any atom is 0.234 e. The Morgan fingerprint density at radius 1 is 1.23 bits per heavy atom. The van der Waals surface area contributed by atoms with Gasteiger partial charge in [-0.3, -0.25) is 14.6 Å². The maximum atomic E-state index is 13.5. The average Bonchev–Trinajstić information content (AvgIpc) is 3.03. The largest absolute Gasteiger partial charge is 0.361 e. The van der Waals surface area contributed by atoms with Gasteiger partial charge < -0.3 is 9.84 Å². The standard InChI is InChI=1S/C19H25FN4O2/c1-15-12-17(22-26-15)13-23-8-10-24(11-9-23)14-19(25)21-7-6-16-4-2-3-5-18(16)20/h2-5,12H,6-11,13-14H2,1H3,(H,21,25). The van der Waals surface area contributed by atoms with Crippen LogP contribution in [0.15, 0.2) is 34.9 Å². The van der Waals surface area contributed by atoms with Gasteiger partial charge in [0, 0.05) is 45.3 Å². The van der Waals surface area contributed by atoms with E-state index in [0.29, 0.717) is 25.1 Å². The van der Waals surface area contributed by atoms with E-state index in [-0.39, 0.29) is 11.7 Å². The summed E-state index contributed by atoms with van der Waals surface area (Å²) in [5, 5.41) is 6.90. The fourth-order valence-electron chi connectivity index (χ4n) is 3.12. The summed E-state index contributed by atoms with van der Waals surface area (Å²) in [7, 11) is 0. The molecule has 7 heteroatoms. The van der Waals surface area contributed by atoms with Crippen molar-refractivity contribution in [2.24, 2.45) is 0 Å². The summed E-state index contributed by atoms with van der Waals surface area (Å²) in [5.41, 5.74) is 1.58. The summed E-state index contributed by atoms with van der Waals surface area (Å²) in [6, 6.07) is 8.62. The van der Waals surface area contributed by atoms with Gasteiger partial charge in [0.15, 0.2) is 0 Å². The zero-order valence-electron chi connectivity index (χ0n) is 15.1. The van der Waals surface area contributed by atoms with Crippen LogP contribution in [0, 0.1) is 12.7 Å². The second kappa shape index (κ2) is 8.91. The zero-order valence-corrected chi connectivity index (χ0v) is 15.1. The molecule has 3 rings (SSSR count). The summed E-state index contributed by atoms with van der Waals surface area (Å²) in [6.45, 7) is 6.98. The third kappa shape index (κ3) is 5.37. The van der Waals surface area contributed by atoms with E-state index in [0.717, 1.165) is 44.2 Å². The Bertz CT molecular complexity index is 726. The topological polar surface area (TPSA) is 61.6 Å². The highest BCUT2D eigenvalue weighted by Gasteiger charge is 2.19. The molecule has 26 heavy (non-hydrogen) atoms. The molecule has 1 saturated heterocycles. The molecule has 0 spiro atoms. The number of hydrogen-bond acceptors (Lipinski definition) is 5. The minimum atomic E-state index is -0.222. The van der Waals surface area contributed by atoms with Crippen molar-refractivity contribution in [3.63, 3.8) is 0 Å². The van der Waals surface area contributed by atoms with E-state index in [2.05, 4.69) is 20.3 Å². The Balaban J connectivity index is 1.33. The van der Waals surface area contributed by atoms with E-state index in [4.69, 9.17) is 4.52 Å². The first-order valence-corrected chi connectivity index (χ1v) is 8.97. The van der Waals surface area contributed by atoms with Crippen LogP contribution < -0.4 is 5.32 Å². The predicted molar refractivity (Wildman–Crippen MR) is 96.1 cm³/mol. The molecular weight excluding hydrogens is 335 g/mol. The molecule has 1 amide bonds.